The third-order valence-corrected chi connectivity index (χ3v) is 2.65. The van der Waals surface area contributed by atoms with Gasteiger partial charge in [-0.25, -0.2) is 0 Å². The fraction of sp³-hybridized carbons (Fsp3) is 0.714. The average molecular weight is 238 g/mol. The standard InChI is InChI=1S/C14H26N2O/c1-14(2,3)15-8-5-6-9-16(4)11-13-7-10-17-12-13/h7,10,12,15H,5-6,8-9,11H2,1-4H3. The highest BCUT2D eigenvalue weighted by molar-refractivity contribution is 5.04. The van der Waals surface area contributed by atoms with Crippen molar-refractivity contribution in [2.75, 3.05) is 20.1 Å². The Labute approximate surface area is 105 Å². The lowest BCUT2D eigenvalue weighted by atomic mass is 10.1. The predicted molar refractivity (Wildman–Crippen MR) is 72.0 cm³/mol. The van der Waals surface area contributed by atoms with Gasteiger partial charge in [-0.05, 0) is 59.8 Å². The third kappa shape index (κ3) is 7.18. The number of unbranched alkanes of at least 4 members (excludes halogenated alkanes) is 1. The number of hydrogen-bond acceptors (Lipinski definition) is 3. The first-order chi connectivity index (χ1) is 7.97. The van der Waals surface area contributed by atoms with Crippen LogP contribution in [0.5, 0.6) is 0 Å². The first kappa shape index (κ1) is 14.3. The fourth-order valence-electron chi connectivity index (χ4n) is 1.74. The Balaban J connectivity index is 2.03. The largest absolute Gasteiger partial charge is 0.472 e. The second-order valence-corrected chi connectivity index (χ2v) is 5.75. The van der Waals surface area contributed by atoms with Gasteiger partial charge in [-0.3, -0.25) is 0 Å². The molecular weight excluding hydrogens is 212 g/mol. The third-order valence-electron chi connectivity index (χ3n) is 2.65. The van der Waals surface area contributed by atoms with E-state index in [0.717, 1.165) is 19.6 Å². The molecule has 0 atom stereocenters. The van der Waals surface area contributed by atoms with Crippen molar-refractivity contribution in [3.8, 4) is 0 Å². The second-order valence-electron chi connectivity index (χ2n) is 5.75. The molecule has 0 amide bonds. The zero-order chi connectivity index (χ0) is 12.7. The fourth-order valence-corrected chi connectivity index (χ4v) is 1.74. The second kappa shape index (κ2) is 6.82. The van der Waals surface area contributed by atoms with Crippen molar-refractivity contribution < 1.29 is 4.42 Å². The van der Waals surface area contributed by atoms with Crippen LogP contribution in [-0.2, 0) is 6.54 Å². The molecule has 1 N–H and O–H groups in total. The number of nitrogens with zero attached hydrogens (tertiary/aromatic N) is 1. The van der Waals surface area contributed by atoms with Gasteiger partial charge >= 0.3 is 0 Å². The van der Waals surface area contributed by atoms with Crippen molar-refractivity contribution in [2.45, 2.75) is 45.7 Å². The molecule has 3 heteroatoms. The van der Waals surface area contributed by atoms with Gasteiger partial charge in [0.1, 0.15) is 0 Å². The number of furan rings is 1. The van der Waals surface area contributed by atoms with Gasteiger partial charge in [-0.1, -0.05) is 0 Å². The molecule has 0 spiro atoms. The molecule has 0 fully saturated rings. The highest BCUT2D eigenvalue weighted by Gasteiger charge is 2.07. The van der Waals surface area contributed by atoms with Crippen LogP contribution in [0.25, 0.3) is 0 Å². The lowest BCUT2D eigenvalue weighted by Gasteiger charge is -2.21. The van der Waals surface area contributed by atoms with Crippen molar-refractivity contribution in [2.24, 2.45) is 0 Å². The SMILES string of the molecule is CN(CCCCNC(C)(C)C)Cc1ccoc1. The van der Waals surface area contributed by atoms with Gasteiger partial charge in [-0.2, -0.15) is 0 Å². The Kier molecular flexibility index (Phi) is 5.72. The first-order valence-electron chi connectivity index (χ1n) is 6.42. The minimum atomic E-state index is 0.239. The smallest absolute Gasteiger partial charge is 0.0947 e. The molecule has 0 aliphatic rings. The minimum Gasteiger partial charge on any atom is -0.472 e. The molecule has 0 bridgehead atoms. The maximum absolute atomic E-state index is 5.06. The Morgan fingerprint density at radius 1 is 1.29 bits per heavy atom. The first-order valence-corrected chi connectivity index (χ1v) is 6.42. The molecule has 0 unspecified atom stereocenters. The number of nitrogens with one attached hydrogen (secondary N) is 1. The quantitative estimate of drug-likeness (QED) is 0.740. The van der Waals surface area contributed by atoms with Gasteiger partial charge in [0.15, 0.2) is 0 Å². The van der Waals surface area contributed by atoms with E-state index >= 15 is 0 Å². The van der Waals surface area contributed by atoms with Crippen molar-refractivity contribution in [3.63, 3.8) is 0 Å². The van der Waals surface area contributed by atoms with Gasteiger partial charge in [0.05, 0.1) is 12.5 Å². The van der Waals surface area contributed by atoms with E-state index in [2.05, 4.69) is 38.0 Å². The summed E-state index contributed by atoms with van der Waals surface area (Å²) in [6.45, 7) is 9.83. The van der Waals surface area contributed by atoms with Crippen LogP contribution in [0.1, 0.15) is 39.2 Å². The summed E-state index contributed by atoms with van der Waals surface area (Å²) in [5, 5.41) is 3.51. The Bertz CT molecular complexity index is 288. The monoisotopic (exact) mass is 238 g/mol. The van der Waals surface area contributed by atoms with Crippen LogP contribution >= 0.6 is 0 Å². The van der Waals surface area contributed by atoms with E-state index < -0.39 is 0 Å². The van der Waals surface area contributed by atoms with Crippen molar-refractivity contribution >= 4 is 0 Å². The van der Waals surface area contributed by atoms with E-state index in [1.807, 2.05) is 12.3 Å². The Hall–Kier alpha value is -0.800. The molecule has 0 aromatic carbocycles. The summed E-state index contributed by atoms with van der Waals surface area (Å²) in [6, 6.07) is 2.03. The molecule has 0 radical (unpaired) electrons. The molecular formula is C14H26N2O. The molecule has 0 aliphatic carbocycles. The van der Waals surface area contributed by atoms with Crippen LogP contribution in [0.2, 0.25) is 0 Å². The molecule has 98 valence electrons. The van der Waals surface area contributed by atoms with Gasteiger partial charge in [0.2, 0.25) is 0 Å². The lowest BCUT2D eigenvalue weighted by Crippen LogP contribution is -2.36. The summed E-state index contributed by atoms with van der Waals surface area (Å²) in [4.78, 5) is 2.34. The molecule has 1 aromatic heterocycles. The summed E-state index contributed by atoms with van der Waals surface area (Å²) >= 11 is 0. The van der Waals surface area contributed by atoms with E-state index in [0.29, 0.717) is 0 Å². The summed E-state index contributed by atoms with van der Waals surface area (Å²) < 4.78 is 5.06. The molecule has 1 aromatic rings. The van der Waals surface area contributed by atoms with E-state index in [1.165, 1.54) is 18.4 Å². The minimum absolute atomic E-state index is 0.239. The molecule has 1 heterocycles. The van der Waals surface area contributed by atoms with Crippen LogP contribution < -0.4 is 5.32 Å². The van der Waals surface area contributed by atoms with E-state index in [9.17, 15) is 0 Å². The van der Waals surface area contributed by atoms with Crippen molar-refractivity contribution in [3.05, 3.63) is 24.2 Å². The highest BCUT2D eigenvalue weighted by Crippen LogP contribution is 2.05. The summed E-state index contributed by atoms with van der Waals surface area (Å²) in [6.07, 6.45) is 6.01. The maximum Gasteiger partial charge on any atom is 0.0947 e. The summed E-state index contributed by atoms with van der Waals surface area (Å²) in [7, 11) is 2.16. The molecule has 17 heavy (non-hydrogen) atoms. The summed E-state index contributed by atoms with van der Waals surface area (Å²) in [5.41, 5.74) is 1.49. The highest BCUT2D eigenvalue weighted by atomic mass is 16.3. The van der Waals surface area contributed by atoms with Gasteiger partial charge in [0.25, 0.3) is 0 Å². The topological polar surface area (TPSA) is 28.4 Å². The Morgan fingerprint density at radius 2 is 2.06 bits per heavy atom. The van der Waals surface area contributed by atoms with Crippen LogP contribution in [0.4, 0.5) is 0 Å². The van der Waals surface area contributed by atoms with Crippen molar-refractivity contribution in [1.82, 2.24) is 10.2 Å². The lowest BCUT2D eigenvalue weighted by molar-refractivity contribution is 0.312. The van der Waals surface area contributed by atoms with E-state index in [4.69, 9.17) is 4.42 Å². The summed E-state index contributed by atoms with van der Waals surface area (Å²) in [5.74, 6) is 0. The van der Waals surface area contributed by atoms with Gasteiger partial charge in [0, 0.05) is 17.6 Å². The van der Waals surface area contributed by atoms with E-state index in [-0.39, 0.29) is 5.54 Å². The molecule has 0 saturated carbocycles. The zero-order valence-electron chi connectivity index (χ0n) is 11.6. The zero-order valence-corrected chi connectivity index (χ0v) is 11.6. The molecule has 0 saturated heterocycles. The number of rotatable bonds is 7. The Morgan fingerprint density at radius 3 is 2.65 bits per heavy atom. The predicted octanol–water partition coefficient (Wildman–Crippen LogP) is 2.88. The maximum atomic E-state index is 5.06. The van der Waals surface area contributed by atoms with Crippen LogP contribution in [0.3, 0.4) is 0 Å². The van der Waals surface area contributed by atoms with Gasteiger partial charge < -0.3 is 14.6 Å². The molecule has 0 aliphatic heterocycles. The van der Waals surface area contributed by atoms with Crippen LogP contribution in [0, 0.1) is 0 Å². The van der Waals surface area contributed by atoms with E-state index in [1.54, 1.807) is 6.26 Å². The van der Waals surface area contributed by atoms with Crippen molar-refractivity contribution in [1.29, 1.82) is 0 Å². The molecule has 1 rings (SSSR count). The van der Waals surface area contributed by atoms with Crippen LogP contribution in [0.15, 0.2) is 23.0 Å². The normalized spacial score (nSPS) is 12.3. The average Bonchev–Trinajstić information content (AvgIpc) is 2.68. The number of hydrogen-bond donors (Lipinski definition) is 1. The molecule has 3 nitrogen and oxygen atoms in total. The van der Waals surface area contributed by atoms with Gasteiger partial charge in [-0.15, -0.1) is 0 Å². The van der Waals surface area contributed by atoms with Crippen LogP contribution in [-0.4, -0.2) is 30.6 Å².